The molecule has 2 aromatic rings. The number of amides is 1. The lowest BCUT2D eigenvalue weighted by Gasteiger charge is -2.36. The van der Waals surface area contributed by atoms with Crippen LogP contribution in [-0.2, 0) is 4.84 Å². The number of benzene rings is 2. The molecule has 34 heavy (non-hydrogen) atoms. The lowest BCUT2D eigenvalue weighted by Crippen LogP contribution is -2.51. The fourth-order valence-corrected chi connectivity index (χ4v) is 4.59. The van der Waals surface area contributed by atoms with E-state index in [9.17, 15) is 4.79 Å². The fraction of sp³-hybridized carbons (Fsp3) is 0.333. The third-order valence-corrected chi connectivity index (χ3v) is 6.54. The smallest absolute Gasteiger partial charge is 0.351 e. The molecule has 2 saturated heterocycles. The minimum absolute atomic E-state index is 0.0323. The number of hydrogen-bond donors (Lipinski definition) is 3. The van der Waals surface area contributed by atoms with Crippen molar-refractivity contribution < 1.29 is 14.4 Å². The molecule has 0 saturated carbocycles. The Labute approximate surface area is 197 Å². The molecule has 4 aliphatic heterocycles. The molecule has 1 amide bonds. The van der Waals surface area contributed by atoms with E-state index in [0.717, 1.165) is 60.4 Å². The summed E-state index contributed by atoms with van der Waals surface area (Å²) in [6.07, 6.45) is 1.78. The van der Waals surface area contributed by atoms with Crippen LogP contribution in [0, 0.1) is 0 Å². The normalized spacial score (nSPS) is 23.4. The average molecular weight is 462 g/mol. The van der Waals surface area contributed by atoms with Crippen LogP contribution in [0.3, 0.4) is 0 Å². The molecule has 10 nitrogen and oxygen atoms in total. The lowest BCUT2D eigenvalue weighted by molar-refractivity contribution is -0.0214. The predicted octanol–water partition coefficient (Wildman–Crippen LogP) is 2.22. The van der Waals surface area contributed by atoms with Crippen LogP contribution in [-0.4, -0.2) is 67.9 Å². The molecule has 2 bridgehead atoms. The molecule has 4 aliphatic rings. The van der Waals surface area contributed by atoms with Gasteiger partial charge in [-0.05, 0) is 50.4 Å². The first-order valence-corrected chi connectivity index (χ1v) is 11.4. The highest BCUT2D eigenvalue weighted by Gasteiger charge is 2.49. The van der Waals surface area contributed by atoms with Crippen molar-refractivity contribution in [3.8, 4) is 5.75 Å². The lowest BCUT2D eigenvalue weighted by atomic mass is 10.1. The van der Waals surface area contributed by atoms with Gasteiger partial charge in [0.2, 0.25) is 0 Å². The van der Waals surface area contributed by atoms with Crippen molar-refractivity contribution in [2.75, 3.05) is 55.5 Å². The van der Waals surface area contributed by atoms with Gasteiger partial charge in [0.25, 0.3) is 5.91 Å². The van der Waals surface area contributed by atoms with Crippen molar-refractivity contribution in [1.82, 2.24) is 15.3 Å². The number of hydroxylamine groups is 1. The van der Waals surface area contributed by atoms with Crippen LogP contribution in [0.25, 0.3) is 0 Å². The van der Waals surface area contributed by atoms with Crippen LogP contribution in [0.1, 0.15) is 17.3 Å². The zero-order valence-corrected chi connectivity index (χ0v) is 19.2. The number of carbonyl (C=O) groups excluding carboxylic acids is 1. The van der Waals surface area contributed by atoms with Gasteiger partial charge in [0.1, 0.15) is 11.6 Å². The Bertz CT molecular complexity index is 1200. The highest BCUT2D eigenvalue weighted by atomic mass is 16.7. The van der Waals surface area contributed by atoms with E-state index in [1.165, 1.54) is 0 Å². The van der Waals surface area contributed by atoms with Gasteiger partial charge in [-0.3, -0.25) is 9.69 Å². The number of carbonyl (C=O) groups is 1. The maximum atomic E-state index is 13.1. The summed E-state index contributed by atoms with van der Waals surface area (Å²) in [4.78, 5) is 29.9. The van der Waals surface area contributed by atoms with Crippen LogP contribution in [0.2, 0.25) is 0 Å². The van der Waals surface area contributed by atoms with Gasteiger partial charge in [-0.1, -0.05) is 6.07 Å². The molecule has 1 unspecified atom stereocenters. The summed E-state index contributed by atoms with van der Waals surface area (Å²) in [5, 5.41) is 6.63. The van der Waals surface area contributed by atoms with E-state index in [2.05, 4.69) is 28.1 Å². The van der Waals surface area contributed by atoms with Crippen LogP contribution >= 0.6 is 0 Å². The number of allylic oxidation sites excluding steroid dienone is 1. The topological polar surface area (TPSA) is 93.7 Å². The number of nitrogens with zero attached hydrogens (tertiary/aromatic N) is 4. The van der Waals surface area contributed by atoms with Crippen molar-refractivity contribution >= 4 is 29.2 Å². The highest BCUT2D eigenvalue weighted by Crippen LogP contribution is 2.42. The molecule has 0 radical (unpaired) electrons. The van der Waals surface area contributed by atoms with E-state index in [-0.39, 0.29) is 5.91 Å². The largest absolute Gasteiger partial charge is 0.471 e. The number of ether oxygens (including phenoxy) is 1. The minimum Gasteiger partial charge on any atom is -0.471 e. The van der Waals surface area contributed by atoms with Gasteiger partial charge in [0.05, 0.1) is 11.4 Å². The summed E-state index contributed by atoms with van der Waals surface area (Å²) in [5.41, 5.74) is 7.13. The summed E-state index contributed by atoms with van der Waals surface area (Å²) in [6.45, 7) is 5.64. The molecule has 4 heterocycles. The Morgan fingerprint density at radius 2 is 2.00 bits per heavy atom. The van der Waals surface area contributed by atoms with E-state index in [4.69, 9.17) is 14.6 Å². The Hall–Kier alpha value is -3.76. The first-order chi connectivity index (χ1) is 16.5. The summed E-state index contributed by atoms with van der Waals surface area (Å²) < 4.78 is 5.57. The summed E-state index contributed by atoms with van der Waals surface area (Å²) in [5.74, 6) is 0.405. The van der Waals surface area contributed by atoms with Crippen molar-refractivity contribution in [3.05, 3.63) is 59.4 Å². The van der Waals surface area contributed by atoms with E-state index in [1.54, 1.807) is 6.21 Å². The van der Waals surface area contributed by atoms with Gasteiger partial charge in [-0.2, -0.15) is 0 Å². The molecular weight excluding hydrogens is 434 g/mol. The van der Waals surface area contributed by atoms with Crippen molar-refractivity contribution in [1.29, 1.82) is 0 Å². The average Bonchev–Trinajstić information content (AvgIpc) is 3.43. The molecule has 1 atom stereocenters. The number of fused-ring (bicyclic) bond motifs is 3. The molecule has 0 spiro atoms. The van der Waals surface area contributed by atoms with E-state index in [1.807, 2.05) is 59.2 Å². The second-order valence-electron chi connectivity index (χ2n) is 8.88. The van der Waals surface area contributed by atoms with Gasteiger partial charge < -0.3 is 25.2 Å². The second kappa shape index (κ2) is 7.93. The van der Waals surface area contributed by atoms with Crippen molar-refractivity contribution in [2.24, 2.45) is 4.99 Å². The molecule has 0 aromatic heterocycles. The fourth-order valence-electron chi connectivity index (χ4n) is 4.59. The quantitative estimate of drug-likeness (QED) is 0.638. The van der Waals surface area contributed by atoms with E-state index in [0.29, 0.717) is 12.3 Å². The SMILES string of the molecule is CC1=C2NOC(Nc3cccc(C(=O)N4CCN(C)CC4)c3)(N=C1)N2c1ccc2c(c1)NCO2. The zero-order valence-electron chi connectivity index (χ0n) is 19.2. The van der Waals surface area contributed by atoms with E-state index < -0.39 is 5.97 Å². The van der Waals surface area contributed by atoms with Crippen molar-refractivity contribution in [2.45, 2.75) is 12.9 Å². The molecule has 3 N–H and O–H groups in total. The van der Waals surface area contributed by atoms with Crippen LogP contribution in [0.4, 0.5) is 17.1 Å². The maximum Gasteiger partial charge on any atom is 0.351 e. The van der Waals surface area contributed by atoms with E-state index >= 15 is 0 Å². The third-order valence-electron chi connectivity index (χ3n) is 6.54. The number of anilines is 3. The third kappa shape index (κ3) is 3.42. The monoisotopic (exact) mass is 461 g/mol. The molecule has 10 heteroatoms. The minimum atomic E-state index is -1.24. The molecule has 0 aliphatic carbocycles. The second-order valence-corrected chi connectivity index (χ2v) is 8.88. The zero-order chi connectivity index (χ0) is 23.3. The van der Waals surface area contributed by atoms with Crippen LogP contribution in [0.15, 0.2) is 58.9 Å². The summed E-state index contributed by atoms with van der Waals surface area (Å²) in [7, 11) is 2.08. The number of rotatable bonds is 4. The number of likely N-dealkylation sites (N-methyl/N-ethyl adjacent to an activating group) is 1. The van der Waals surface area contributed by atoms with Gasteiger partial charge in [0, 0.05) is 49.2 Å². The number of hydrogen-bond acceptors (Lipinski definition) is 9. The van der Waals surface area contributed by atoms with Gasteiger partial charge in [0.15, 0.2) is 6.73 Å². The van der Waals surface area contributed by atoms with Crippen molar-refractivity contribution in [3.63, 3.8) is 0 Å². The molecule has 2 fully saturated rings. The Balaban J connectivity index is 1.30. The van der Waals surface area contributed by atoms with Crippen LogP contribution < -0.4 is 25.8 Å². The Morgan fingerprint density at radius 3 is 2.85 bits per heavy atom. The first-order valence-electron chi connectivity index (χ1n) is 11.4. The molecular formula is C24H27N7O3. The molecule has 2 aromatic carbocycles. The maximum absolute atomic E-state index is 13.1. The molecule has 6 rings (SSSR count). The molecule has 176 valence electrons. The van der Waals surface area contributed by atoms with Gasteiger partial charge >= 0.3 is 5.97 Å². The number of piperazine rings is 1. The van der Waals surface area contributed by atoms with Crippen LogP contribution in [0.5, 0.6) is 5.75 Å². The standard InChI is InChI=1S/C24H27N7O3/c1-16-14-26-24(31(22(16)28-34-24)19-6-7-21-20(13-19)25-15-33-21)27-18-5-3-4-17(12-18)23(32)30-10-8-29(2)9-11-30/h3-7,12-14,25,27-28H,8-11,15H2,1-2H3. The predicted molar refractivity (Wildman–Crippen MR) is 130 cm³/mol. The summed E-state index contributed by atoms with van der Waals surface area (Å²) in [6, 6.07) is 13.4. The Kier molecular flexibility index (Phi) is 4.85. The highest BCUT2D eigenvalue weighted by molar-refractivity contribution is 5.95. The Morgan fingerprint density at radius 1 is 1.15 bits per heavy atom. The number of aliphatic imine (C=N–C) groups is 1. The van der Waals surface area contributed by atoms with Gasteiger partial charge in [-0.25, -0.2) is 15.3 Å². The first kappa shape index (κ1) is 20.8. The van der Waals surface area contributed by atoms with Gasteiger partial charge in [-0.15, -0.1) is 0 Å². The summed E-state index contributed by atoms with van der Waals surface area (Å²) >= 11 is 0. The number of nitrogens with one attached hydrogen (secondary N) is 3.